The van der Waals surface area contributed by atoms with E-state index in [0.717, 1.165) is 5.69 Å². The highest BCUT2D eigenvalue weighted by Gasteiger charge is 2.22. The zero-order valence-electron chi connectivity index (χ0n) is 12.0. The van der Waals surface area contributed by atoms with Crippen molar-refractivity contribution in [2.45, 2.75) is 57.5 Å². The summed E-state index contributed by atoms with van der Waals surface area (Å²) in [6.07, 6.45) is 7.60. The standard InChI is InChI=1S/C16H25FN2/c1-12(18)16-14(17)10-7-11-15(16)19(2)13-8-5-3-4-6-9-13/h7,10-13H,3-6,8-9,18H2,1-2H3/t12-/m0/s1. The molecule has 2 nitrogen and oxygen atoms in total. The molecule has 0 aromatic heterocycles. The van der Waals surface area contributed by atoms with Crippen molar-refractivity contribution in [3.05, 3.63) is 29.6 Å². The van der Waals surface area contributed by atoms with E-state index in [2.05, 4.69) is 11.9 Å². The predicted molar refractivity (Wildman–Crippen MR) is 78.9 cm³/mol. The molecule has 3 heteroatoms. The maximum atomic E-state index is 14.0. The Hall–Kier alpha value is -1.09. The molecule has 1 fully saturated rings. The molecular formula is C16H25FN2. The Morgan fingerprint density at radius 3 is 2.42 bits per heavy atom. The van der Waals surface area contributed by atoms with Crippen LogP contribution in [-0.4, -0.2) is 13.1 Å². The SMILES string of the molecule is C[C@H](N)c1c(F)cccc1N(C)C1CCCCCC1. The molecule has 1 aliphatic carbocycles. The van der Waals surface area contributed by atoms with Gasteiger partial charge in [0, 0.05) is 30.4 Å². The van der Waals surface area contributed by atoms with Gasteiger partial charge in [-0.2, -0.15) is 0 Å². The van der Waals surface area contributed by atoms with Gasteiger partial charge >= 0.3 is 0 Å². The molecule has 1 aromatic carbocycles. The van der Waals surface area contributed by atoms with Gasteiger partial charge in [0.1, 0.15) is 5.82 Å². The third kappa shape index (κ3) is 3.27. The molecule has 0 aliphatic heterocycles. The fourth-order valence-corrected chi connectivity index (χ4v) is 3.13. The van der Waals surface area contributed by atoms with E-state index in [1.165, 1.54) is 44.6 Å². The molecule has 0 radical (unpaired) electrons. The smallest absolute Gasteiger partial charge is 0.130 e. The third-order valence-electron chi connectivity index (χ3n) is 4.24. The Kier molecular flexibility index (Phi) is 4.81. The first-order valence-electron chi connectivity index (χ1n) is 7.38. The minimum atomic E-state index is -0.274. The van der Waals surface area contributed by atoms with Crippen LogP contribution in [-0.2, 0) is 0 Å². The number of halogens is 1. The normalized spacial score (nSPS) is 18.9. The second-order valence-corrected chi connectivity index (χ2v) is 5.72. The summed E-state index contributed by atoms with van der Waals surface area (Å²) in [6, 6.07) is 5.52. The lowest BCUT2D eigenvalue weighted by Crippen LogP contribution is -2.32. The van der Waals surface area contributed by atoms with Gasteiger partial charge in [-0.1, -0.05) is 31.7 Å². The van der Waals surface area contributed by atoms with Crippen LogP contribution < -0.4 is 10.6 Å². The van der Waals surface area contributed by atoms with E-state index in [1.54, 1.807) is 6.07 Å². The highest BCUT2D eigenvalue weighted by Crippen LogP contribution is 2.31. The second-order valence-electron chi connectivity index (χ2n) is 5.72. The molecule has 1 saturated carbocycles. The summed E-state index contributed by atoms with van der Waals surface area (Å²) < 4.78 is 14.0. The fourth-order valence-electron chi connectivity index (χ4n) is 3.13. The van der Waals surface area contributed by atoms with Crippen molar-refractivity contribution in [2.75, 3.05) is 11.9 Å². The van der Waals surface area contributed by atoms with Crippen LogP contribution in [0.3, 0.4) is 0 Å². The quantitative estimate of drug-likeness (QED) is 0.836. The van der Waals surface area contributed by atoms with Crippen molar-refractivity contribution >= 4 is 5.69 Å². The van der Waals surface area contributed by atoms with E-state index < -0.39 is 0 Å². The molecule has 0 saturated heterocycles. The van der Waals surface area contributed by atoms with Crippen LogP contribution in [0, 0.1) is 5.82 Å². The van der Waals surface area contributed by atoms with Crippen molar-refractivity contribution < 1.29 is 4.39 Å². The topological polar surface area (TPSA) is 29.3 Å². The van der Waals surface area contributed by atoms with E-state index in [-0.39, 0.29) is 11.9 Å². The number of nitrogens with two attached hydrogens (primary N) is 1. The summed E-state index contributed by atoms with van der Waals surface area (Å²) >= 11 is 0. The molecular weight excluding hydrogens is 239 g/mol. The Morgan fingerprint density at radius 1 is 1.21 bits per heavy atom. The summed E-state index contributed by atoms with van der Waals surface area (Å²) in [5.74, 6) is -0.187. The minimum absolute atomic E-state index is 0.187. The van der Waals surface area contributed by atoms with Gasteiger partial charge in [0.15, 0.2) is 0 Å². The van der Waals surface area contributed by atoms with E-state index in [1.807, 2.05) is 13.0 Å². The first-order valence-corrected chi connectivity index (χ1v) is 7.38. The van der Waals surface area contributed by atoms with Gasteiger partial charge in [0.25, 0.3) is 0 Å². The lowest BCUT2D eigenvalue weighted by Gasteiger charge is -2.32. The van der Waals surface area contributed by atoms with Crippen molar-refractivity contribution in [3.8, 4) is 0 Å². The summed E-state index contributed by atoms with van der Waals surface area (Å²) in [4.78, 5) is 2.24. The van der Waals surface area contributed by atoms with E-state index >= 15 is 0 Å². The molecule has 0 bridgehead atoms. The Labute approximate surface area is 115 Å². The molecule has 2 rings (SSSR count). The summed E-state index contributed by atoms with van der Waals surface area (Å²) in [7, 11) is 2.08. The lowest BCUT2D eigenvalue weighted by molar-refractivity contribution is 0.543. The molecule has 0 spiro atoms. The number of hydrogen-bond acceptors (Lipinski definition) is 2. The van der Waals surface area contributed by atoms with Crippen molar-refractivity contribution in [1.29, 1.82) is 0 Å². The van der Waals surface area contributed by atoms with Crippen molar-refractivity contribution in [1.82, 2.24) is 0 Å². The van der Waals surface area contributed by atoms with Crippen LogP contribution in [0.5, 0.6) is 0 Å². The molecule has 106 valence electrons. The number of hydrogen-bond donors (Lipinski definition) is 1. The van der Waals surface area contributed by atoms with E-state index in [0.29, 0.717) is 11.6 Å². The summed E-state index contributed by atoms with van der Waals surface area (Å²) in [6.45, 7) is 1.85. The molecule has 2 N–H and O–H groups in total. The number of benzene rings is 1. The van der Waals surface area contributed by atoms with Crippen LogP contribution in [0.2, 0.25) is 0 Å². The zero-order valence-corrected chi connectivity index (χ0v) is 12.0. The molecule has 19 heavy (non-hydrogen) atoms. The third-order valence-corrected chi connectivity index (χ3v) is 4.24. The van der Waals surface area contributed by atoms with E-state index in [9.17, 15) is 4.39 Å². The molecule has 0 amide bonds. The van der Waals surface area contributed by atoms with Gasteiger partial charge in [-0.15, -0.1) is 0 Å². The Bertz CT molecular complexity index is 409. The average molecular weight is 264 g/mol. The Balaban J connectivity index is 2.27. The zero-order chi connectivity index (χ0) is 13.8. The monoisotopic (exact) mass is 264 g/mol. The fraction of sp³-hybridized carbons (Fsp3) is 0.625. The maximum absolute atomic E-state index is 14.0. The summed E-state index contributed by atoms with van der Waals surface area (Å²) in [5, 5.41) is 0. The average Bonchev–Trinajstić information content (AvgIpc) is 2.66. The molecule has 1 aliphatic rings. The summed E-state index contributed by atoms with van der Waals surface area (Å²) in [5.41, 5.74) is 7.55. The number of rotatable bonds is 3. The highest BCUT2D eigenvalue weighted by molar-refractivity contribution is 5.55. The van der Waals surface area contributed by atoms with Crippen molar-refractivity contribution in [2.24, 2.45) is 5.73 Å². The molecule has 1 aromatic rings. The molecule has 0 heterocycles. The van der Waals surface area contributed by atoms with Gasteiger partial charge < -0.3 is 10.6 Å². The number of nitrogens with zero attached hydrogens (tertiary/aromatic N) is 1. The van der Waals surface area contributed by atoms with E-state index in [4.69, 9.17) is 5.73 Å². The van der Waals surface area contributed by atoms with Crippen LogP contribution in [0.15, 0.2) is 18.2 Å². The van der Waals surface area contributed by atoms with Crippen LogP contribution >= 0.6 is 0 Å². The molecule has 0 unspecified atom stereocenters. The minimum Gasteiger partial charge on any atom is -0.371 e. The maximum Gasteiger partial charge on any atom is 0.130 e. The van der Waals surface area contributed by atoms with Gasteiger partial charge in [-0.05, 0) is 31.9 Å². The van der Waals surface area contributed by atoms with Gasteiger partial charge in [0.05, 0.1) is 0 Å². The van der Waals surface area contributed by atoms with Crippen LogP contribution in [0.4, 0.5) is 10.1 Å². The van der Waals surface area contributed by atoms with Gasteiger partial charge in [-0.25, -0.2) is 4.39 Å². The van der Waals surface area contributed by atoms with Gasteiger partial charge in [0.2, 0.25) is 0 Å². The van der Waals surface area contributed by atoms with Gasteiger partial charge in [-0.3, -0.25) is 0 Å². The molecule has 1 atom stereocenters. The first kappa shape index (κ1) is 14.3. The second kappa shape index (κ2) is 6.38. The largest absolute Gasteiger partial charge is 0.371 e. The predicted octanol–water partition coefficient (Wildman–Crippen LogP) is 4.00. The lowest BCUT2D eigenvalue weighted by atomic mass is 10.0. The highest BCUT2D eigenvalue weighted by atomic mass is 19.1. The Morgan fingerprint density at radius 2 is 1.84 bits per heavy atom. The first-order chi connectivity index (χ1) is 9.11. The van der Waals surface area contributed by atoms with Crippen LogP contribution in [0.1, 0.15) is 57.1 Å². The van der Waals surface area contributed by atoms with Crippen molar-refractivity contribution in [3.63, 3.8) is 0 Å². The van der Waals surface area contributed by atoms with Crippen LogP contribution in [0.25, 0.3) is 0 Å². The number of anilines is 1.